The van der Waals surface area contributed by atoms with Crippen molar-refractivity contribution in [2.24, 2.45) is 7.05 Å². The number of aryl methyl sites for hydroxylation is 1. The third-order valence-electron chi connectivity index (χ3n) is 3.31. The van der Waals surface area contributed by atoms with Crippen LogP contribution in [0.1, 0.15) is 30.8 Å². The van der Waals surface area contributed by atoms with Crippen molar-refractivity contribution >= 4 is 11.0 Å². The number of hydrogen-bond donors (Lipinski definition) is 1. The molecule has 19 heavy (non-hydrogen) atoms. The zero-order valence-corrected chi connectivity index (χ0v) is 11.0. The Bertz CT molecular complexity index is 583. The minimum atomic E-state index is -4.33. The predicted octanol–water partition coefficient (Wildman–Crippen LogP) is 3.26. The van der Waals surface area contributed by atoms with Crippen molar-refractivity contribution in [1.82, 2.24) is 14.9 Å². The van der Waals surface area contributed by atoms with Gasteiger partial charge in [-0.25, -0.2) is 4.98 Å². The normalized spacial score (nSPS) is 14.0. The summed E-state index contributed by atoms with van der Waals surface area (Å²) < 4.78 is 39.8. The molecule has 0 aliphatic carbocycles. The second-order valence-electron chi connectivity index (χ2n) is 4.48. The molecule has 3 nitrogen and oxygen atoms in total. The van der Waals surface area contributed by atoms with Crippen LogP contribution in [-0.2, 0) is 13.2 Å². The molecule has 0 radical (unpaired) electrons. The van der Waals surface area contributed by atoms with Crippen LogP contribution in [0.4, 0.5) is 13.2 Å². The van der Waals surface area contributed by atoms with E-state index in [9.17, 15) is 13.2 Å². The van der Waals surface area contributed by atoms with E-state index >= 15 is 0 Å². The van der Waals surface area contributed by atoms with E-state index in [1.807, 2.05) is 25.6 Å². The van der Waals surface area contributed by atoms with Gasteiger partial charge in [0.2, 0.25) is 0 Å². The summed E-state index contributed by atoms with van der Waals surface area (Å²) in [6.07, 6.45) is -3.52. The Morgan fingerprint density at radius 2 is 2.05 bits per heavy atom. The quantitative estimate of drug-likeness (QED) is 0.928. The standard InChI is InChI=1S/C13H16F3N3/c1-4-9(17-2)12-18-10-7-8(13(14,15)16)5-6-11(10)19(12)3/h5-7,9,17H,4H2,1-3H3. The Labute approximate surface area is 109 Å². The number of aromatic nitrogens is 2. The zero-order chi connectivity index (χ0) is 14.2. The first-order chi connectivity index (χ1) is 8.88. The highest BCUT2D eigenvalue weighted by molar-refractivity contribution is 5.77. The van der Waals surface area contributed by atoms with Crippen LogP contribution < -0.4 is 5.32 Å². The molecule has 0 saturated carbocycles. The van der Waals surface area contributed by atoms with E-state index in [1.165, 1.54) is 6.07 Å². The molecule has 2 rings (SSSR count). The van der Waals surface area contributed by atoms with Crippen molar-refractivity contribution in [3.8, 4) is 0 Å². The zero-order valence-electron chi connectivity index (χ0n) is 11.0. The molecule has 1 aromatic carbocycles. The van der Waals surface area contributed by atoms with Gasteiger partial charge in [-0.2, -0.15) is 13.2 Å². The second kappa shape index (κ2) is 4.85. The first-order valence-corrected chi connectivity index (χ1v) is 6.09. The fourth-order valence-electron chi connectivity index (χ4n) is 2.22. The molecule has 1 N–H and O–H groups in total. The summed E-state index contributed by atoms with van der Waals surface area (Å²) in [4.78, 5) is 4.33. The summed E-state index contributed by atoms with van der Waals surface area (Å²) in [7, 11) is 3.63. The fourth-order valence-corrected chi connectivity index (χ4v) is 2.22. The lowest BCUT2D eigenvalue weighted by Gasteiger charge is -2.13. The molecule has 1 unspecified atom stereocenters. The van der Waals surface area contributed by atoms with E-state index in [0.29, 0.717) is 11.0 Å². The van der Waals surface area contributed by atoms with Crippen molar-refractivity contribution in [3.63, 3.8) is 0 Å². The summed E-state index contributed by atoms with van der Waals surface area (Å²) in [5.41, 5.74) is 0.417. The lowest BCUT2D eigenvalue weighted by molar-refractivity contribution is -0.137. The average Bonchev–Trinajstić information content (AvgIpc) is 2.67. The number of halogens is 3. The molecule has 2 aromatic rings. The topological polar surface area (TPSA) is 29.9 Å². The van der Waals surface area contributed by atoms with Gasteiger partial charge in [0.1, 0.15) is 5.82 Å². The molecule has 104 valence electrons. The van der Waals surface area contributed by atoms with Gasteiger partial charge in [-0.05, 0) is 31.7 Å². The van der Waals surface area contributed by atoms with Gasteiger partial charge in [0.15, 0.2) is 0 Å². The molecule has 6 heteroatoms. The van der Waals surface area contributed by atoms with Gasteiger partial charge in [-0.15, -0.1) is 0 Å². The smallest absolute Gasteiger partial charge is 0.330 e. The van der Waals surface area contributed by atoms with Gasteiger partial charge in [0.05, 0.1) is 22.6 Å². The largest absolute Gasteiger partial charge is 0.416 e. The number of hydrogen-bond acceptors (Lipinski definition) is 2. The van der Waals surface area contributed by atoms with Crippen LogP contribution in [0, 0.1) is 0 Å². The predicted molar refractivity (Wildman–Crippen MR) is 67.8 cm³/mol. The van der Waals surface area contributed by atoms with Crippen molar-refractivity contribution < 1.29 is 13.2 Å². The maximum atomic E-state index is 12.7. The Morgan fingerprint density at radius 1 is 1.37 bits per heavy atom. The van der Waals surface area contributed by atoms with Crippen molar-refractivity contribution in [1.29, 1.82) is 0 Å². The maximum absolute atomic E-state index is 12.7. The number of nitrogens with one attached hydrogen (secondary N) is 1. The molecule has 1 atom stereocenters. The van der Waals surface area contributed by atoms with E-state index in [-0.39, 0.29) is 6.04 Å². The Kier molecular flexibility index (Phi) is 3.54. The van der Waals surface area contributed by atoms with E-state index in [0.717, 1.165) is 24.4 Å². The molecule has 1 aromatic heterocycles. The van der Waals surface area contributed by atoms with E-state index < -0.39 is 11.7 Å². The van der Waals surface area contributed by atoms with E-state index in [4.69, 9.17) is 0 Å². The lowest BCUT2D eigenvalue weighted by Crippen LogP contribution is -2.19. The SMILES string of the molecule is CCC(NC)c1nc2cc(C(F)(F)F)ccc2n1C. The first kappa shape index (κ1) is 13.9. The highest BCUT2D eigenvalue weighted by Crippen LogP contribution is 2.32. The molecule has 0 amide bonds. The summed E-state index contributed by atoms with van der Waals surface area (Å²) >= 11 is 0. The fraction of sp³-hybridized carbons (Fsp3) is 0.462. The molecule has 1 heterocycles. The molecule has 0 aliphatic rings. The monoisotopic (exact) mass is 271 g/mol. The van der Waals surface area contributed by atoms with E-state index in [2.05, 4.69) is 10.3 Å². The van der Waals surface area contributed by atoms with Gasteiger partial charge in [0, 0.05) is 7.05 Å². The number of alkyl halides is 3. The number of nitrogens with zero attached hydrogens (tertiary/aromatic N) is 2. The van der Waals surface area contributed by atoms with Crippen molar-refractivity contribution in [3.05, 3.63) is 29.6 Å². The minimum absolute atomic E-state index is 0.0340. The molecule has 0 saturated heterocycles. The summed E-state index contributed by atoms with van der Waals surface area (Å²) in [6.45, 7) is 2.00. The first-order valence-electron chi connectivity index (χ1n) is 6.09. The van der Waals surface area contributed by atoms with Gasteiger partial charge >= 0.3 is 6.18 Å². The average molecular weight is 271 g/mol. The van der Waals surface area contributed by atoms with Crippen LogP contribution in [0.5, 0.6) is 0 Å². The number of fused-ring (bicyclic) bond motifs is 1. The third-order valence-corrected chi connectivity index (χ3v) is 3.31. The van der Waals surface area contributed by atoms with Crippen LogP contribution in [0.25, 0.3) is 11.0 Å². The van der Waals surface area contributed by atoms with Gasteiger partial charge in [-0.1, -0.05) is 6.92 Å². The van der Waals surface area contributed by atoms with Crippen LogP contribution in [-0.4, -0.2) is 16.6 Å². The van der Waals surface area contributed by atoms with E-state index in [1.54, 1.807) is 0 Å². The van der Waals surface area contributed by atoms with Crippen LogP contribution in [0.3, 0.4) is 0 Å². The van der Waals surface area contributed by atoms with Crippen molar-refractivity contribution in [2.45, 2.75) is 25.6 Å². The minimum Gasteiger partial charge on any atom is -0.330 e. The third kappa shape index (κ3) is 2.45. The molecule has 0 spiro atoms. The van der Waals surface area contributed by atoms with Gasteiger partial charge in [0.25, 0.3) is 0 Å². The second-order valence-corrected chi connectivity index (χ2v) is 4.48. The Morgan fingerprint density at radius 3 is 2.58 bits per heavy atom. The lowest BCUT2D eigenvalue weighted by atomic mass is 10.2. The molecular formula is C13H16F3N3. The number of imidazole rings is 1. The number of rotatable bonds is 3. The maximum Gasteiger partial charge on any atom is 0.416 e. The summed E-state index contributed by atoms with van der Waals surface area (Å²) in [5, 5.41) is 3.11. The van der Waals surface area contributed by atoms with Gasteiger partial charge in [-0.3, -0.25) is 0 Å². The highest BCUT2D eigenvalue weighted by atomic mass is 19.4. The number of benzene rings is 1. The van der Waals surface area contributed by atoms with Gasteiger partial charge < -0.3 is 9.88 Å². The summed E-state index contributed by atoms with van der Waals surface area (Å²) in [6, 6.07) is 3.69. The summed E-state index contributed by atoms with van der Waals surface area (Å²) in [5.74, 6) is 0.749. The Balaban J connectivity index is 2.57. The molecule has 0 bridgehead atoms. The molecule has 0 fully saturated rings. The van der Waals surface area contributed by atoms with Crippen molar-refractivity contribution in [2.75, 3.05) is 7.05 Å². The molecular weight excluding hydrogens is 255 g/mol. The Hall–Kier alpha value is -1.56. The highest BCUT2D eigenvalue weighted by Gasteiger charge is 2.31. The van der Waals surface area contributed by atoms with Crippen LogP contribution in [0.15, 0.2) is 18.2 Å². The molecule has 0 aliphatic heterocycles. The van der Waals surface area contributed by atoms with Crippen LogP contribution in [0.2, 0.25) is 0 Å². The van der Waals surface area contributed by atoms with Crippen LogP contribution >= 0.6 is 0 Å².